The molecule has 1 radical (unpaired) electrons. The highest BCUT2D eigenvalue weighted by Gasteiger charge is 1.95. The van der Waals surface area contributed by atoms with Crippen molar-refractivity contribution in [3.05, 3.63) is 17.5 Å². The Morgan fingerprint density at radius 3 is 2.88 bits per heavy atom. The van der Waals surface area contributed by atoms with Crippen molar-refractivity contribution in [2.75, 3.05) is 0 Å². The molecule has 1 rings (SSSR count). The zero-order valence-electron chi connectivity index (χ0n) is 4.51. The van der Waals surface area contributed by atoms with Gasteiger partial charge in [0.2, 0.25) is 0 Å². The number of aliphatic hydroxyl groups excluding tert-OH is 1. The van der Waals surface area contributed by atoms with Crippen molar-refractivity contribution in [2.45, 2.75) is 13.5 Å². The van der Waals surface area contributed by atoms with Crippen molar-refractivity contribution >= 4 is 0 Å². The third-order valence-electron chi connectivity index (χ3n) is 0.763. The molecule has 0 aliphatic heterocycles. The maximum atomic E-state index is 8.40. The van der Waals surface area contributed by atoms with Crippen LogP contribution < -0.4 is 0 Å². The molecule has 3 nitrogen and oxygen atoms in total. The molecule has 0 saturated heterocycles. The van der Waals surface area contributed by atoms with Crippen molar-refractivity contribution < 1.29 is 9.63 Å². The van der Waals surface area contributed by atoms with Crippen LogP contribution in [0.1, 0.15) is 11.5 Å². The third kappa shape index (κ3) is 0.869. The summed E-state index contributed by atoms with van der Waals surface area (Å²) in [5, 5.41) is 11.9. The van der Waals surface area contributed by atoms with E-state index in [1.807, 2.05) is 0 Å². The summed E-state index contributed by atoms with van der Waals surface area (Å²) in [6.45, 7) is 1.63. The van der Waals surface area contributed by atoms with Crippen molar-refractivity contribution in [3.63, 3.8) is 0 Å². The van der Waals surface area contributed by atoms with Crippen LogP contribution in [0.5, 0.6) is 0 Å². The standard InChI is InChI=1S/C5H6NO2/c1-4-2-5(3-7)6-8-4/h7H,3H2,1H3. The van der Waals surface area contributed by atoms with Gasteiger partial charge >= 0.3 is 0 Å². The third-order valence-corrected chi connectivity index (χ3v) is 0.763. The molecule has 1 aromatic heterocycles. The number of hydrogen-bond donors (Lipinski definition) is 1. The number of nitrogens with zero attached hydrogens (tertiary/aromatic N) is 1. The van der Waals surface area contributed by atoms with Crippen molar-refractivity contribution in [2.24, 2.45) is 0 Å². The average Bonchev–Trinajstić information content (AvgIpc) is 2.14. The van der Waals surface area contributed by atoms with Crippen LogP contribution in [0.25, 0.3) is 0 Å². The maximum absolute atomic E-state index is 8.40. The molecule has 0 aliphatic rings. The molecule has 1 heterocycles. The first-order chi connectivity index (χ1) is 3.83. The molecule has 0 amide bonds. The quantitative estimate of drug-likeness (QED) is 0.567. The molecule has 43 valence electrons. The summed E-state index contributed by atoms with van der Waals surface area (Å²) in [6, 6.07) is 2.70. The summed E-state index contributed by atoms with van der Waals surface area (Å²) < 4.78 is 4.59. The molecule has 1 aromatic rings. The highest BCUT2D eigenvalue weighted by atomic mass is 16.5. The van der Waals surface area contributed by atoms with E-state index < -0.39 is 0 Å². The van der Waals surface area contributed by atoms with Gasteiger partial charge in [-0.15, -0.1) is 0 Å². The minimum absolute atomic E-state index is 0.0999. The molecule has 0 unspecified atom stereocenters. The number of rotatable bonds is 1. The molecule has 0 saturated carbocycles. The number of hydrogen-bond acceptors (Lipinski definition) is 3. The minimum Gasteiger partial charge on any atom is -0.390 e. The predicted octanol–water partition coefficient (Wildman–Crippen LogP) is 0.276. The predicted molar refractivity (Wildman–Crippen MR) is 26.0 cm³/mol. The second-order valence-electron chi connectivity index (χ2n) is 1.47. The van der Waals surface area contributed by atoms with E-state index in [1.165, 1.54) is 0 Å². The van der Waals surface area contributed by atoms with E-state index in [1.54, 1.807) is 6.92 Å². The van der Waals surface area contributed by atoms with Gasteiger partial charge in [0.15, 0.2) is 0 Å². The summed E-state index contributed by atoms with van der Waals surface area (Å²) >= 11 is 0. The smallest absolute Gasteiger partial charge is 0.142 e. The van der Waals surface area contributed by atoms with E-state index in [2.05, 4.69) is 15.7 Å². The molecule has 0 aliphatic carbocycles. The molecule has 0 fully saturated rings. The second-order valence-corrected chi connectivity index (χ2v) is 1.47. The summed E-state index contributed by atoms with van der Waals surface area (Å²) in [5.41, 5.74) is 0.461. The number of aryl methyl sites for hydroxylation is 1. The summed E-state index contributed by atoms with van der Waals surface area (Å²) in [6.07, 6.45) is 0. The van der Waals surface area contributed by atoms with Gasteiger partial charge in [0.05, 0.1) is 12.7 Å². The van der Waals surface area contributed by atoms with Gasteiger partial charge in [0.25, 0.3) is 0 Å². The van der Waals surface area contributed by atoms with Crippen LogP contribution in [0.4, 0.5) is 0 Å². The van der Waals surface area contributed by atoms with Crippen molar-refractivity contribution in [1.82, 2.24) is 5.16 Å². The summed E-state index contributed by atoms with van der Waals surface area (Å²) in [4.78, 5) is 0. The Balaban J connectivity index is 2.84. The van der Waals surface area contributed by atoms with Crippen LogP contribution in [0.15, 0.2) is 4.52 Å². The second kappa shape index (κ2) is 1.96. The van der Waals surface area contributed by atoms with Gasteiger partial charge in [-0.1, -0.05) is 5.16 Å². The lowest BCUT2D eigenvalue weighted by molar-refractivity contribution is 0.265. The molecule has 0 bridgehead atoms. The highest BCUT2D eigenvalue weighted by molar-refractivity contribution is 4.98. The first-order valence-corrected chi connectivity index (χ1v) is 2.28. The molecule has 0 aromatic carbocycles. The van der Waals surface area contributed by atoms with E-state index in [4.69, 9.17) is 5.11 Å². The van der Waals surface area contributed by atoms with Crippen molar-refractivity contribution in [3.8, 4) is 0 Å². The summed E-state index contributed by atoms with van der Waals surface area (Å²) in [7, 11) is 0. The molecular weight excluding hydrogens is 106 g/mol. The Hall–Kier alpha value is -0.830. The van der Waals surface area contributed by atoms with Gasteiger partial charge in [-0.05, 0) is 6.92 Å². The van der Waals surface area contributed by atoms with Crippen LogP contribution >= 0.6 is 0 Å². The average molecular weight is 112 g/mol. The Labute approximate surface area is 46.9 Å². The van der Waals surface area contributed by atoms with Crippen LogP contribution in [0.3, 0.4) is 0 Å². The monoisotopic (exact) mass is 112 g/mol. The molecule has 0 atom stereocenters. The normalized spacial score (nSPS) is 9.75. The van der Waals surface area contributed by atoms with Gasteiger partial charge in [-0.3, -0.25) is 0 Å². The number of aliphatic hydroxyl groups is 1. The topological polar surface area (TPSA) is 46.3 Å². The first-order valence-electron chi connectivity index (χ1n) is 2.28. The lowest BCUT2D eigenvalue weighted by Gasteiger charge is -1.74. The van der Waals surface area contributed by atoms with E-state index in [-0.39, 0.29) is 6.61 Å². The SMILES string of the molecule is Cc1[c]c(CO)no1. The van der Waals surface area contributed by atoms with Crippen molar-refractivity contribution in [1.29, 1.82) is 0 Å². The van der Waals surface area contributed by atoms with Crippen LogP contribution in [0.2, 0.25) is 0 Å². The van der Waals surface area contributed by atoms with Crippen LogP contribution in [0, 0.1) is 13.0 Å². The lowest BCUT2D eigenvalue weighted by Crippen LogP contribution is -1.78. The van der Waals surface area contributed by atoms with E-state index in [9.17, 15) is 0 Å². The fourth-order valence-electron chi connectivity index (χ4n) is 0.441. The first kappa shape index (κ1) is 5.31. The van der Waals surface area contributed by atoms with Gasteiger partial charge in [-0.2, -0.15) is 0 Å². The fourth-order valence-corrected chi connectivity index (χ4v) is 0.441. The fraction of sp³-hybridized carbons (Fsp3) is 0.400. The van der Waals surface area contributed by atoms with Crippen LogP contribution in [-0.4, -0.2) is 10.3 Å². The van der Waals surface area contributed by atoms with Gasteiger partial charge in [0, 0.05) is 0 Å². The van der Waals surface area contributed by atoms with Gasteiger partial charge in [-0.25, -0.2) is 0 Å². The Morgan fingerprint density at radius 2 is 2.62 bits per heavy atom. The van der Waals surface area contributed by atoms with Crippen LogP contribution in [-0.2, 0) is 6.61 Å². The molecule has 8 heavy (non-hydrogen) atoms. The Kier molecular flexibility index (Phi) is 1.30. The van der Waals surface area contributed by atoms with Gasteiger partial charge in [0.1, 0.15) is 11.5 Å². The zero-order valence-corrected chi connectivity index (χ0v) is 4.51. The molecule has 0 spiro atoms. The Morgan fingerprint density at radius 1 is 1.88 bits per heavy atom. The molecule has 3 heteroatoms. The molecular formula is C5H6NO2. The van der Waals surface area contributed by atoms with E-state index >= 15 is 0 Å². The molecule has 1 N–H and O–H groups in total. The van der Waals surface area contributed by atoms with E-state index in [0.29, 0.717) is 11.5 Å². The van der Waals surface area contributed by atoms with Gasteiger partial charge < -0.3 is 9.63 Å². The highest BCUT2D eigenvalue weighted by Crippen LogP contribution is 1.97. The zero-order chi connectivity index (χ0) is 5.98. The maximum Gasteiger partial charge on any atom is 0.142 e. The Bertz CT molecular complexity index is 171. The lowest BCUT2D eigenvalue weighted by atomic mass is 10.4. The minimum atomic E-state index is -0.0999. The number of aromatic nitrogens is 1. The largest absolute Gasteiger partial charge is 0.390 e. The van der Waals surface area contributed by atoms with E-state index in [0.717, 1.165) is 0 Å². The summed E-state index contributed by atoms with van der Waals surface area (Å²) in [5.74, 6) is 0.606.